The highest BCUT2D eigenvalue weighted by atomic mass is 32.1. The number of aliphatic hydroxyl groups excluding tert-OH is 2. The Bertz CT molecular complexity index is 651. The Morgan fingerprint density at radius 3 is 2.50 bits per heavy atom. The molecule has 8 heteroatoms. The van der Waals surface area contributed by atoms with Gasteiger partial charge in [-0.15, -0.1) is 6.42 Å². The molecule has 2 heterocycles. The van der Waals surface area contributed by atoms with Gasteiger partial charge in [0, 0.05) is 12.7 Å². The van der Waals surface area contributed by atoms with Crippen LogP contribution in [-0.4, -0.2) is 63.0 Å². The zero-order chi connectivity index (χ0) is 21.1. The van der Waals surface area contributed by atoms with Gasteiger partial charge in [-0.2, -0.15) is 11.3 Å². The molecule has 1 aliphatic heterocycles. The number of hydrogen-bond donors (Lipinski definition) is 2. The summed E-state index contributed by atoms with van der Waals surface area (Å²) in [6.07, 6.45) is 0.0395. The van der Waals surface area contributed by atoms with E-state index >= 15 is 0 Å². The standard InChI is InChI=1S/C20H32O6SSi/c1-8-14(13-9-10-27-12-13)25-18-16(21)15(26-19(23-5)17(18)22)11-24-28(6,7)20(2,3)4/h1,9-10,12,14-19,21-22H,11H2,2-7H3/t14-,15+,16-,17+,18-,19-/m0/s1. The van der Waals surface area contributed by atoms with Crippen molar-refractivity contribution in [1.29, 1.82) is 0 Å². The average Bonchev–Trinajstić information content (AvgIpc) is 3.14. The van der Waals surface area contributed by atoms with E-state index in [2.05, 4.69) is 39.8 Å². The van der Waals surface area contributed by atoms with E-state index in [1.165, 1.54) is 18.4 Å². The smallest absolute Gasteiger partial charge is 0.192 e. The number of thiophene rings is 1. The van der Waals surface area contributed by atoms with Crippen molar-refractivity contribution in [2.75, 3.05) is 13.7 Å². The second-order valence-corrected chi connectivity index (χ2v) is 14.1. The molecule has 0 bridgehead atoms. The molecule has 0 radical (unpaired) electrons. The van der Waals surface area contributed by atoms with Gasteiger partial charge in [0.05, 0.1) is 6.61 Å². The van der Waals surface area contributed by atoms with E-state index in [0.29, 0.717) is 0 Å². The largest absolute Gasteiger partial charge is 0.414 e. The highest BCUT2D eigenvalue weighted by Gasteiger charge is 2.48. The molecule has 6 nitrogen and oxygen atoms in total. The predicted octanol–water partition coefficient (Wildman–Crippen LogP) is 2.92. The fourth-order valence-electron chi connectivity index (χ4n) is 2.70. The van der Waals surface area contributed by atoms with Crippen molar-refractivity contribution < 1.29 is 28.8 Å². The lowest BCUT2D eigenvalue weighted by atomic mass is 9.98. The van der Waals surface area contributed by atoms with Gasteiger partial charge in [-0.1, -0.05) is 26.7 Å². The minimum absolute atomic E-state index is 0.0240. The van der Waals surface area contributed by atoms with Crippen molar-refractivity contribution in [3.05, 3.63) is 22.4 Å². The van der Waals surface area contributed by atoms with Crippen LogP contribution in [0.5, 0.6) is 0 Å². The Balaban J connectivity index is 2.15. The summed E-state index contributed by atoms with van der Waals surface area (Å²) >= 11 is 1.50. The number of ether oxygens (including phenoxy) is 3. The molecule has 0 unspecified atom stereocenters. The number of hydrogen-bond acceptors (Lipinski definition) is 7. The first-order valence-corrected chi connectivity index (χ1v) is 13.2. The number of aliphatic hydroxyl groups is 2. The van der Waals surface area contributed by atoms with Crippen LogP contribution in [0.25, 0.3) is 0 Å². The summed E-state index contributed by atoms with van der Waals surface area (Å²) in [7, 11) is -0.602. The molecule has 1 fully saturated rings. The molecule has 0 saturated carbocycles. The first kappa shape index (κ1) is 23.5. The highest BCUT2D eigenvalue weighted by molar-refractivity contribution is 7.08. The molecular weight excluding hydrogens is 396 g/mol. The zero-order valence-corrected chi connectivity index (χ0v) is 19.2. The van der Waals surface area contributed by atoms with Crippen LogP contribution in [0, 0.1) is 12.3 Å². The van der Waals surface area contributed by atoms with E-state index in [9.17, 15) is 10.2 Å². The van der Waals surface area contributed by atoms with E-state index in [1.54, 1.807) is 0 Å². The summed E-state index contributed by atoms with van der Waals surface area (Å²) in [6, 6.07) is 1.86. The van der Waals surface area contributed by atoms with Crippen molar-refractivity contribution >= 4 is 19.7 Å². The summed E-state index contributed by atoms with van der Waals surface area (Å²) in [5.41, 5.74) is 0.807. The maximum Gasteiger partial charge on any atom is 0.192 e. The fraction of sp³-hybridized carbons (Fsp3) is 0.700. The number of terminal acetylenes is 1. The Labute approximate surface area is 172 Å². The van der Waals surface area contributed by atoms with Crippen molar-refractivity contribution in [2.45, 2.75) is 75.7 Å². The van der Waals surface area contributed by atoms with Crippen LogP contribution in [0.1, 0.15) is 32.4 Å². The molecule has 1 aromatic heterocycles. The van der Waals surface area contributed by atoms with Crippen molar-refractivity contribution in [2.24, 2.45) is 0 Å². The lowest BCUT2D eigenvalue weighted by molar-refractivity contribution is -0.304. The minimum atomic E-state index is -2.04. The Morgan fingerprint density at radius 2 is 2.00 bits per heavy atom. The SMILES string of the molecule is C#C[C@H](O[C@H]1[C@@H](O)[C@@H](CO[Si](C)(C)C(C)(C)C)O[C@H](OC)[C@@H]1O)c1ccsc1. The van der Waals surface area contributed by atoms with Crippen LogP contribution < -0.4 is 0 Å². The van der Waals surface area contributed by atoms with Gasteiger partial charge in [-0.25, -0.2) is 0 Å². The van der Waals surface area contributed by atoms with Crippen molar-refractivity contribution in [3.63, 3.8) is 0 Å². The molecule has 2 N–H and O–H groups in total. The van der Waals surface area contributed by atoms with Crippen LogP contribution in [0.15, 0.2) is 16.8 Å². The van der Waals surface area contributed by atoms with Gasteiger partial charge in [-0.05, 0) is 35.0 Å². The molecule has 0 aromatic carbocycles. The maximum atomic E-state index is 10.9. The van der Waals surface area contributed by atoms with E-state index < -0.39 is 45.1 Å². The lowest BCUT2D eigenvalue weighted by Crippen LogP contribution is -2.61. The van der Waals surface area contributed by atoms with Crippen LogP contribution in [-0.2, 0) is 18.6 Å². The van der Waals surface area contributed by atoms with Crippen molar-refractivity contribution in [3.8, 4) is 12.3 Å². The Morgan fingerprint density at radius 1 is 1.32 bits per heavy atom. The molecule has 0 spiro atoms. The first-order valence-electron chi connectivity index (χ1n) is 9.34. The normalized spacial score (nSPS) is 30.0. The zero-order valence-electron chi connectivity index (χ0n) is 17.4. The van der Waals surface area contributed by atoms with Gasteiger partial charge in [0.25, 0.3) is 0 Å². The van der Waals surface area contributed by atoms with E-state index in [-0.39, 0.29) is 11.6 Å². The van der Waals surface area contributed by atoms with E-state index in [1.807, 2.05) is 16.8 Å². The first-order chi connectivity index (χ1) is 13.0. The molecule has 1 aromatic rings. The molecule has 158 valence electrons. The molecule has 0 aliphatic carbocycles. The monoisotopic (exact) mass is 428 g/mol. The van der Waals surface area contributed by atoms with Gasteiger partial charge >= 0.3 is 0 Å². The molecule has 1 saturated heterocycles. The highest BCUT2D eigenvalue weighted by Crippen LogP contribution is 2.37. The molecule has 2 rings (SSSR count). The summed E-state index contributed by atoms with van der Waals surface area (Å²) in [5, 5.41) is 25.2. The predicted molar refractivity (Wildman–Crippen MR) is 112 cm³/mol. The lowest BCUT2D eigenvalue weighted by Gasteiger charge is -2.44. The van der Waals surface area contributed by atoms with Gasteiger partial charge in [-0.3, -0.25) is 0 Å². The Hall–Kier alpha value is -0.763. The maximum absolute atomic E-state index is 10.9. The third kappa shape index (κ3) is 5.23. The molecular formula is C20H32O6SSi. The average molecular weight is 429 g/mol. The van der Waals surface area contributed by atoms with E-state index in [0.717, 1.165) is 5.56 Å². The van der Waals surface area contributed by atoms with Gasteiger partial charge in [0.2, 0.25) is 0 Å². The third-order valence-electron chi connectivity index (χ3n) is 5.58. The minimum Gasteiger partial charge on any atom is -0.414 e. The van der Waals surface area contributed by atoms with E-state index in [4.69, 9.17) is 25.1 Å². The Kier molecular flexibility index (Phi) is 7.87. The summed E-state index contributed by atoms with van der Waals surface area (Å²) < 4.78 is 23.2. The fourth-order valence-corrected chi connectivity index (χ4v) is 4.39. The molecule has 1 aliphatic rings. The summed E-state index contributed by atoms with van der Waals surface area (Å²) in [6.45, 7) is 10.9. The quantitative estimate of drug-likeness (QED) is 0.514. The van der Waals surface area contributed by atoms with Crippen LogP contribution >= 0.6 is 11.3 Å². The third-order valence-corrected chi connectivity index (χ3v) is 10.8. The molecule has 6 atom stereocenters. The molecule has 28 heavy (non-hydrogen) atoms. The van der Waals surface area contributed by atoms with Crippen molar-refractivity contribution in [1.82, 2.24) is 0 Å². The summed E-state index contributed by atoms with van der Waals surface area (Å²) in [5.74, 6) is 2.57. The number of methoxy groups -OCH3 is 1. The van der Waals surface area contributed by atoms with Crippen LogP contribution in [0.3, 0.4) is 0 Å². The number of rotatable bonds is 7. The summed E-state index contributed by atoms with van der Waals surface area (Å²) in [4.78, 5) is 0. The topological polar surface area (TPSA) is 77.4 Å². The van der Waals surface area contributed by atoms with Gasteiger partial charge < -0.3 is 28.8 Å². The van der Waals surface area contributed by atoms with Crippen LogP contribution in [0.4, 0.5) is 0 Å². The van der Waals surface area contributed by atoms with Gasteiger partial charge in [0.1, 0.15) is 30.5 Å². The van der Waals surface area contributed by atoms with Crippen LogP contribution in [0.2, 0.25) is 18.1 Å². The van der Waals surface area contributed by atoms with Gasteiger partial charge in [0.15, 0.2) is 14.6 Å². The molecule has 0 amide bonds. The second-order valence-electron chi connectivity index (χ2n) is 8.54. The second kappa shape index (κ2) is 9.37.